The van der Waals surface area contributed by atoms with E-state index in [0.29, 0.717) is 36.7 Å². The van der Waals surface area contributed by atoms with Gasteiger partial charge in [0, 0.05) is 37.5 Å². The monoisotopic (exact) mass is 429 g/mol. The largest absolute Gasteiger partial charge is 0.444 e. The fourth-order valence-electron chi connectivity index (χ4n) is 3.30. The first-order valence-corrected chi connectivity index (χ1v) is 10.3. The Labute approximate surface area is 181 Å². The zero-order valence-corrected chi connectivity index (χ0v) is 18.1. The lowest BCUT2D eigenvalue weighted by molar-refractivity contribution is -0.126. The van der Waals surface area contributed by atoms with Crippen LogP contribution in [-0.2, 0) is 16.1 Å². The molecule has 0 spiro atoms. The van der Waals surface area contributed by atoms with E-state index < -0.39 is 17.5 Å². The van der Waals surface area contributed by atoms with E-state index in [2.05, 4.69) is 10.3 Å². The SMILES string of the molecule is CC(C)(C)OC(=O)N1CCC[C@@H](C(=O)NCc2cccnc2Oc2cccc(F)c2)C1. The van der Waals surface area contributed by atoms with Crippen molar-refractivity contribution in [2.24, 2.45) is 5.92 Å². The molecule has 3 rings (SSSR count). The molecule has 1 aliphatic heterocycles. The van der Waals surface area contributed by atoms with E-state index in [1.54, 1.807) is 35.4 Å². The molecule has 166 valence electrons. The number of likely N-dealkylation sites (tertiary alicyclic amines) is 1. The van der Waals surface area contributed by atoms with Crippen LogP contribution in [0.3, 0.4) is 0 Å². The fraction of sp³-hybridized carbons (Fsp3) is 0.435. The number of carbonyl (C=O) groups is 2. The normalized spacial score (nSPS) is 16.5. The van der Waals surface area contributed by atoms with E-state index in [4.69, 9.17) is 9.47 Å². The van der Waals surface area contributed by atoms with Crippen molar-refractivity contribution in [3.8, 4) is 11.6 Å². The molecule has 1 aliphatic rings. The molecule has 1 aromatic heterocycles. The van der Waals surface area contributed by atoms with Gasteiger partial charge in [-0.25, -0.2) is 14.2 Å². The van der Waals surface area contributed by atoms with E-state index in [0.717, 1.165) is 6.42 Å². The number of aromatic nitrogens is 1. The van der Waals surface area contributed by atoms with Gasteiger partial charge in [-0.05, 0) is 51.8 Å². The molecule has 2 heterocycles. The molecule has 0 radical (unpaired) electrons. The number of amides is 2. The van der Waals surface area contributed by atoms with Gasteiger partial charge in [0.1, 0.15) is 17.2 Å². The second-order valence-electron chi connectivity index (χ2n) is 8.51. The summed E-state index contributed by atoms with van der Waals surface area (Å²) in [7, 11) is 0. The van der Waals surface area contributed by atoms with Crippen LogP contribution in [0.5, 0.6) is 11.6 Å². The van der Waals surface area contributed by atoms with Gasteiger partial charge < -0.3 is 19.7 Å². The molecule has 7 nitrogen and oxygen atoms in total. The van der Waals surface area contributed by atoms with Crippen molar-refractivity contribution in [3.63, 3.8) is 0 Å². The molecule has 0 bridgehead atoms. The van der Waals surface area contributed by atoms with Crippen LogP contribution >= 0.6 is 0 Å². The van der Waals surface area contributed by atoms with Crippen LogP contribution in [0.15, 0.2) is 42.6 Å². The van der Waals surface area contributed by atoms with Gasteiger partial charge in [0.2, 0.25) is 11.8 Å². The maximum Gasteiger partial charge on any atom is 0.410 e. The first-order chi connectivity index (χ1) is 14.7. The summed E-state index contributed by atoms with van der Waals surface area (Å²) in [5.74, 6) is -0.242. The Morgan fingerprint density at radius 3 is 2.81 bits per heavy atom. The minimum atomic E-state index is -0.579. The van der Waals surface area contributed by atoms with Gasteiger partial charge in [0.25, 0.3) is 0 Å². The predicted octanol–water partition coefficient (Wildman–Crippen LogP) is 4.28. The molecule has 1 fully saturated rings. The van der Waals surface area contributed by atoms with Crippen LogP contribution < -0.4 is 10.1 Å². The molecule has 31 heavy (non-hydrogen) atoms. The summed E-state index contributed by atoms with van der Waals surface area (Å²) < 4.78 is 24.5. The van der Waals surface area contributed by atoms with E-state index in [9.17, 15) is 14.0 Å². The molecule has 0 unspecified atom stereocenters. The molecule has 1 N–H and O–H groups in total. The van der Waals surface area contributed by atoms with Crippen LogP contribution in [0.2, 0.25) is 0 Å². The summed E-state index contributed by atoms with van der Waals surface area (Å²) in [6.45, 7) is 6.55. The lowest BCUT2D eigenvalue weighted by Gasteiger charge is -2.33. The zero-order chi connectivity index (χ0) is 22.4. The van der Waals surface area contributed by atoms with Crippen LogP contribution in [0.4, 0.5) is 9.18 Å². The molecule has 1 saturated heterocycles. The molecular weight excluding hydrogens is 401 g/mol. The average molecular weight is 429 g/mol. The molecule has 1 aromatic carbocycles. The van der Waals surface area contributed by atoms with Crippen molar-refractivity contribution in [1.29, 1.82) is 0 Å². The van der Waals surface area contributed by atoms with Gasteiger partial charge >= 0.3 is 6.09 Å². The number of halogens is 1. The lowest BCUT2D eigenvalue weighted by atomic mass is 9.97. The quantitative estimate of drug-likeness (QED) is 0.768. The van der Waals surface area contributed by atoms with Crippen LogP contribution in [0.25, 0.3) is 0 Å². The van der Waals surface area contributed by atoms with Gasteiger partial charge in [0.05, 0.1) is 5.92 Å². The number of carbonyl (C=O) groups excluding carboxylic acids is 2. The van der Waals surface area contributed by atoms with Crippen LogP contribution in [0, 0.1) is 11.7 Å². The number of pyridine rings is 1. The van der Waals surface area contributed by atoms with E-state index in [1.807, 2.05) is 20.8 Å². The smallest absolute Gasteiger partial charge is 0.410 e. The van der Waals surface area contributed by atoms with Gasteiger partial charge in [0.15, 0.2) is 0 Å². The molecule has 0 saturated carbocycles. The number of piperidine rings is 1. The molecular formula is C23H28FN3O4. The topological polar surface area (TPSA) is 80.8 Å². The summed E-state index contributed by atoms with van der Waals surface area (Å²) in [6.07, 6.45) is 2.60. The summed E-state index contributed by atoms with van der Waals surface area (Å²) in [6, 6.07) is 9.31. The van der Waals surface area contributed by atoms with Crippen molar-refractivity contribution in [3.05, 3.63) is 54.0 Å². The second-order valence-corrected chi connectivity index (χ2v) is 8.51. The van der Waals surface area contributed by atoms with E-state index in [-0.39, 0.29) is 18.4 Å². The highest BCUT2D eigenvalue weighted by atomic mass is 19.1. The third-order valence-corrected chi connectivity index (χ3v) is 4.76. The summed E-state index contributed by atoms with van der Waals surface area (Å²) >= 11 is 0. The summed E-state index contributed by atoms with van der Waals surface area (Å²) in [4.78, 5) is 30.8. The van der Waals surface area contributed by atoms with Crippen molar-refractivity contribution >= 4 is 12.0 Å². The third kappa shape index (κ3) is 6.67. The molecule has 0 aliphatic carbocycles. The highest BCUT2D eigenvalue weighted by Crippen LogP contribution is 2.24. The number of nitrogens with one attached hydrogen (secondary N) is 1. The predicted molar refractivity (Wildman–Crippen MR) is 113 cm³/mol. The van der Waals surface area contributed by atoms with Crippen molar-refractivity contribution < 1.29 is 23.5 Å². The first-order valence-electron chi connectivity index (χ1n) is 10.3. The Balaban J connectivity index is 1.59. The number of benzene rings is 1. The Bertz CT molecular complexity index is 929. The van der Waals surface area contributed by atoms with Crippen LogP contribution in [-0.4, -0.2) is 40.6 Å². The lowest BCUT2D eigenvalue weighted by Crippen LogP contribution is -2.46. The first kappa shape index (κ1) is 22.5. The third-order valence-electron chi connectivity index (χ3n) is 4.76. The van der Waals surface area contributed by atoms with Gasteiger partial charge in [-0.2, -0.15) is 0 Å². The minimum Gasteiger partial charge on any atom is -0.444 e. The van der Waals surface area contributed by atoms with Gasteiger partial charge in [-0.3, -0.25) is 4.79 Å². The Morgan fingerprint density at radius 1 is 1.26 bits per heavy atom. The van der Waals surface area contributed by atoms with Crippen LogP contribution in [0.1, 0.15) is 39.2 Å². The van der Waals surface area contributed by atoms with Crippen molar-refractivity contribution in [1.82, 2.24) is 15.2 Å². The number of rotatable bonds is 5. The fourth-order valence-corrected chi connectivity index (χ4v) is 3.30. The summed E-state index contributed by atoms with van der Waals surface area (Å²) in [5, 5.41) is 2.90. The van der Waals surface area contributed by atoms with Crippen molar-refractivity contribution in [2.45, 2.75) is 45.8 Å². The van der Waals surface area contributed by atoms with Gasteiger partial charge in [-0.1, -0.05) is 12.1 Å². The van der Waals surface area contributed by atoms with E-state index in [1.165, 1.54) is 12.1 Å². The molecule has 2 amide bonds. The minimum absolute atomic E-state index is 0.145. The van der Waals surface area contributed by atoms with E-state index >= 15 is 0 Å². The van der Waals surface area contributed by atoms with Crippen molar-refractivity contribution in [2.75, 3.05) is 13.1 Å². The highest BCUT2D eigenvalue weighted by Gasteiger charge is 2.31. The maximum atomic E-state index is 13.4. The standard InChI is InChI=1S/C23H28FN3O4/c1-23(2,3)31-22(29)27-12-6-8-17(15-27)20(28)26-14-16-7-5-11-25-21(16)30-19-10-4-9-18(24)13-19/h4-5,7,9-11,13,17H,6,8,12,14-15H2,1-3H3,(H,26,28)/t17-/m1/s1. The second kappa shape index (κ2) is 9.76. The van der Waals surface area contributed by atoms with Gasteiger partial charge in [-0.15, -0.1) is 0 Å². The Hall–Kier alpha value is -3.16. The number of ether oxygens (including phenoxy) is 2. The Morgan fingerprint density at radius 2 is 2.06 bits per heavy atom. The maximum absolute atomic E-state index is 13.4. The number of hydrogen-bond acceptors (Lipinski definition) is 5. The number of hydrogen-bond donors (Lipinski definition) is 1. The molecule has 8 heteroatoms. The molecule has 1 atom stereocenters. The molecule has 2 aromatic rings. The summed E-state index contributed by atoms with van der Waals surface area (Å²) in [5.41, 5.74) is 0.0879. The Kier molecular flexibility index (Phi) is 7.09. The zero-order valence-electron chi connectivity index (χ0n) is 18.1. The number of nitrogens with zero attached hydrogens (tertiary/aromatic N) is 2. The highest BCUT2D eigenvalue weighted by molar-refractivity contribution is 5.80. The average Bonchev–Trinajstić information content (AvgIpc) is 2.72.